The van der Waals surface area contributed by atoms with Crippen molar-refractivity contribution in [1.82, 2.24) is 15.3 Å². The Morgan fingerprint density at radius 3 is 2.75 bits per heavy atom. The van der Waals surface area contributed by atoms with Crippen LogP contribution in [0.25, 0.3) is 0 Å². The second kappa shape index (κ2) is 7.31. The molecule has 0 bridgehead atoms. The summed E-state index contributed by atoms with van der Waals surface area (Å²) in [5, 5.41) is 3.54. The fraction of sp³-hybridized carbons (Fsp3) is 0.333. The molecule has 0 fully saturated rings. The van der Waals surface area contributed by atoms with Gasteiger partial charge in [0.1, 0.15) is 12.1 Å². The van der Waals surface area contributed by atoms with Gasteiger partial charge in [0.05, 0.1) is 5.02 Å². The lowest BCUT2D eigenvalue weighted by Crippen LogP contribution is -2.24. The Morgan fingerprint density at radius 2 is 2.05 bits per heavy atom. The molecule has 0 spiro atoms. The first-order chi connectivity index (χ1) is 9.72. The van der Waals surface area contributed by atoms with E-state index in [1.807, 2.05) is 0 Å². The molecule has 0 aliphatic carbocycles. The van der Waals surface area contributed by atoms with Crippen molar-refractivity contribution in [3.05, 3.63) is 58.9 Å². The highest BCUT2D eigenvalue weighted by Crippen LogP contribution is 2.23. The van der Waals surface area contributed by atoms with Crippen molar-refractivity contribution in [1.29, 1.82) is 0 Å². The second-order valence-electron chi connectivity index (χ2n) is 4.60. The first-order valence-corrected chi connectivity index (χ1v) is 7.01. The van der Waals surface area contributed by atoms with Crippen molar-refractivity contribution < 1.29 is 4.39 Å². The number of rotatable bonds is 6. The predicted octanol–water partition coefficient (Wildman–Crippen LogP) is 3.55. The van der Waals surface area contributed by atoms with Crippen LogP contribution in [-0.4, -0.2) is 16.5 Å². The zero-order chi connectivity index (χ0) is 14.4. The average molecular weight is 294 g/mol. The maximum Gasteiger partial charge on any atom is 0.145 e. The smallest absolute Gasteiger partial charge is 0.145 e. The fourth-order valence-electron chi connectivity index (χ4n) is 2.04. The molecule has 106 valence electrons. The molecule has 5 heteroatoms. The normalized spacial score (nSPS) is 12.3. The van der Waals surface area contributed by atoms with Crippen LogP contribution < -0.4 is 5.32 Å². The van der Waals surface area contributed by atoms with Crippen molar-refractivity contribution in [2.45, 2.75) is 25.8 Å². The van der Waals surface area contributed by atoms with E-state index in [1.165, 1.54) is 6.33 Å². The van der Waals surface area contributed by atoms with E-state index in [0.29, 0.717) is 12.0 Å². The third kappa shape index (κ3) is 3.74. The Bertz CT molecular complexity index is 548. The largest absolute Gasteiger partial charge is 0.310 e. The Kier molecular flexibility index (Phi) is 5.44. The summed E-state index contributed by atoms with van der Waals surface area (Å²) in [6.07, 6.45) is 6.51. The van der Waals surface area contributed by atoms with Crippen LogP contribution in [0.2, 0.25) is 5.02 Å². The molecule has 2 aromatic rings. The summed E-state index contributed by atoms with van der Waals surface area (Å²) < 4.78 is 14.0. The van der Waals surface area contributed by atoms with Crippen LogP contribution in [-0.2, 0) is 6.42 Å². The van der Waals surface area contributed by atoms with Crippen molar-refractivity contribution in [3.63, 3.8) is 0 Å². The topological polar surface area (TPSA) is 37.8 Å². The number of nitrogens with one attached hydrogen (secondary N) is 1. The number of hydrogen-bond acceptors (Lipinski definition) is 3. The third-order valence-corrected chi connectivity index (χ3v) is 3.37. The van der Waals surface area contributed by atoms with Crippen LogP contribution in [0.3, 0.4) is 0 Å². The molecule has 1 heterocycles. The van der Waals surface area contributed by atoms with Crippen LogP contribution in [0.15, 0.2) is 36.9 Å². The molecular formula is C15H17ClFN3. The van der Waals surface area contributed by atoms with E-state index in [9.17, 15) is 4.39 Å². The van der Waals surface area contributed by atoms with Gasteiger partial charge in [-0.1, -0.05) is 30.7 Å². The van der Waals surface area contributed by atoms with E-state index >= 15 is 0 Å². The molecule has 0 saturated carbocycles. The zero-order valence-corrected chi connectivity index (χ0v) is 12.1. The van der Waals surface area contributed by atoms with Crippen LogP contribution in [0.1, 0.15) is 30.5 Å². The van der Waals surface area contributed by atoms with Gasteiger partial charge in [-0.2, -0.15) is 0 Å². The van der Waals surface area contributed by atoms with Gasteiger partial charge in [0.2, 0.25) is 0 Å². The minimum absolute atomic E-state index is 0.0240. The first kappa shape index (κ1) is 14.9. The van der Waals surface area contributed by atoms with E-state index in [2.05, 4.69) is 22.2 Å². The minimum Gasteiger partial charge on any atom is -0.310 e. The Morgan fingerprint density at radius 1 is 1.30 bits per heavy atom. The molecule has 0 radical (unpaired) electrons. The van der Waals surface area contributed by atoms with Gasteiger partial charge < -0.3 is 5.32 Å². The zero-order valence-electron chi connectivity index (χ0n) is 11.3. The van der Waals surface area contributed by atoms with Gasteiger partial charge in [-0.15, -0.1) is 0 Å². The molecule has 1 aromatic heterocycles. The second-order valence-corrected chi connectivity index (χ2v) is 5.00. The molecule has 20 heavy (non-hydrogen) atoms. The van der Waals surface area contributed by atoms with Gasteiger partial charge in [0.15, 0.2) is 0 Å². The SMILES string of the molecule is CCCNC(Cc1cccc(Cl)c1F)c1cncnc1. The third-order valence-electron chi connectivity index (χ3n) is 3.08. The van der Waals surface area contributed by atoms with Gasteiger partial charge >= 0.3 is 0 Å². The lowest BCUT2D eigenvalue weighted by atomic mass is 10.0. The summed E-state index contributed by atoms with van der Waals surface area (Å²) in [5.74, 6) is -0.352. The molecule has 1 atom stereocenters. The van der Waals surface area contributed by atoms with E-state index in [4.69, 9.17) is 11.6 Å². The van der Waals surface area contributed by atoms with Crippen molar-refractivity contribution >= 4 is 11.6 Å². The molecule has 0 aliphatic heterocycles. The number of benzene rings is 1. The van der Waals surface area contributed by atoms with Crippen molar-refractivity contribution in [2.75, 3.05) is 6.54 Å². The van der Waals surface area contributed by atoms with Crippen LogP contribution in [0, 0.1) is 5.82 Å². The van der Waals surface area contributed by atoms with E-state index in [0.717, 1.165) is 18.5 Å². The quantitative estimate of drug-likeness (QED) is 0.885. The molecule has 0 aliphatic rings. The molecule has 3 nitrogen and oxygen atoms in total. The van der Waals surface area contributed by atoms with E-state index < -0.39 is 0 Å². The van der Waals surface area contributed by atoms with Crippen LogP contribution in [0.4, 0.5) is 4.39 Å². The molecular weight excluding hydrogens is 277 g/mol. The molecule has 1 N–H and O–H groups in total. The monoisotopic (exact) mass is 293 g/mol. The molecule has 1 aromatic carbocycles. The number of nitrogens with zero attached hydrogens (tertiary/aromatic N) is 2. The standard InChI is InChI=1S/C15H17ClFN3/c1-2-6-20-14(12-8-18-10-19-9-12)7-11-4-3-5-13(16)15(11)17/h3-5,8-10,14,20H,2,6-7H2,1H3. The average Bonchev–Trinajstić information content (AvgIpc) is 2.48. The molecule has 1 unspecified atom stereocenters. The predicted molar refractivity (Wildman–Crippen MR) is 78.2 cm³/mol. The fourth-order valence-corrected chi connectivity index (χ4v) is 2.24. The van der Waals surface area contributed by atoms with Gasteiger partial charge in [-0.25, -0.2) is 14.4 Å². The first-order valence-electron chi connectivity index (χ1n) is 6.63. The van der Waals surface area contributed by atoms with E-state index in [1.54, 1.807) is 30.6 Å². The van der Waals surface area contributed by atoms with Crippen molar-refractivity contribution in [3.8, 4) is 0 Å². The summed E-state index contributed by atoms with van der Waals surface area (Å²) in [6, 6.07) is 5.05. The summed E-state index contributed by atoms with van der Waals surface area (Å²) in [7, 11) is 0. The highest BCUT2D eigenvalue weighted by Gasteiger charge is 2.15. The van der Waals surface area contributed by atoms with Gasteiger partial charge in [0.25, 0.3) is 0 Å². The summed E-state index contributed by atoms with van der Waals surface area (Å²) in [6.45, 7) is 2.94. The Hall–Kier alpha value is -1.52. The molecule has 0 saturated heterocycles. The molecule has 2 rings (SSSR count). The van der Waals surface area contributed by atoms with Crippen LogP contribution in [0.5, 0.6) is 0 Å². The Balaban J connectivity index is 2.21. The summed E-state index contributed by atoms with van der Waals surface area (Å²) in [4.78, 5) is 8.05. The summed E-state index contributed by atoms with van der Waals surface area (Å²) >= 11 is 5.83. The highest BCUT2D eigenvalue weighted by atomic mass is 35.5. The number of halogens is 2. The molecule has 0 amide bonds. The minimum atomic E-state index is -0.352. The van der Waals surface area contributed by atoms with Gasteiger partial charge in [-0.3, -0.25) is 0 Å². The van der Waals surface area contributed by atoms with E-state index in [-0.39, 0.29) is 16.9 Å². The Labute approximate surface area is 123 Å². The summed E-state index contributed by atoms with van der Waals surface area (Å²) in [5.41, 5.74) is 1.54. The maximum absolute atomic E-state index is 14.0. The number of aromatic nitrogens is 2. The maximum atomic E-state index is 14.0. The lowest BCUT2D eigenvalue weighted by Gasteiger charge is -2.19. The lowest BCUT2D eigenvalue weighted by molar-refractivity contribution is 0.510. The number of hydrogen-bond donors (Lipinski definition) is 1. The van der Waals surface area contributed by atoms with Crippen LogP contribution >= 0.6 is 11.6 Å². The highest BCUT2D eigenvalue weighted by molar-refractivity contribution is 6.30. The van der Waals surface area contributed by atoms with Gasteiger partial charge in [0, 0.05) is 24.0 Å². The van der Waals surface area contributed by atoms with Crippen molar-refractivity contribution in [2.24, 2.45) is 0 Å². The van der Waals surface area contributed by atoms with Gasteiger partial charge in [-0.05, 0) is 31.0 Å².